The van der Waals surface area contributed by atoms with Crippen LogP contribution in [0.25, 0.3) is 10.9 Å². The number of nitrogens with zero attached hydrogens (tertiary/aromatic N) is 1. The van der Waals surface area contributed by atoms with E-state index in [1.165, 1.54) is 6.07 Å². The maximum absolute atomic E-state index is 11.6. The number of hydrogen-bond acceptors (Lipinski definition) is 3. The number of aliphatic carboxylic acids is 1. The monoisotopic (exact) mass is 264 g/mol. The largest absolute Gasteiger partial charge is 0.480 e. The zero-order chi connectivity index (χ0) is 13.1. The fourth-order valence-electron chi connectivity index (χ4n) is 1.46. The Bertz CT molecular complexity index is 628. The Balaban J connectivity index is 2.28. The van der Waals surface area contributed by atoms with Crippen LogP contribution in [0.15, 0.2) is 30.3 Å². The molecule has 1 aromatic carbocycles. The molecule has 0 aliphatic carbocycles. The molecular formula is C12H9ClN2O3. The Hall–Kier alpha value is -2.14. The molecular weight excluding hydrogens is 256 g/mol. The van der Waals surface area contributed by atoms with E-state index in [-0.39, 0.29) is 5.69 Å². The fourth-order valence-corrected chi connectivity index (χ4v) is 1.63. The van der Waals surface area contributed by atoms with Gasteiger partial charge >= 0.3 is 5.97 Å². The van der Waals surface area contributed by atoms with Gasteiger partial charge in [0.2, 0.25) is 0 Å². The molecule has 0 saturated heterocycles. The van der Waals surface area contributed by atoms with Crippen molar-refractivity contribution >= 4 is 34.4 Å². The molecule has 0 atom stereocenters. The number of pyridine rings is 1. The first-order valence-corrected chi connectivity index (χ1v) is 5.50. The number of carbonyl (C=O) groups is 2. The van der Waals surface area contributed by atoms with Crippen LogP contribution in [0.3, 0.4) is 0 Å². The summed E-state index contributed by atoms with van der Waals surface area (Å²) >= 11 is 5.84. The number of carboxylic acid groups (broad SMARTS) is 1. The molecule has 18 heavy (non-hydrogen) atoms. The molecule has 92 valence electrons. The molecule has 0 aliphatic rings. The second kappa shape index (κ2) is 5.01. The Kier molecular flexibility index (Phi) is 3.43. The van der Waals surface area contributed by atoms with Gasteiger partial charge in [0, 0.05) is 10.4 Å². The summed E-state index contributed by atoms with van der Waals surface area (Å²) in [5.74, 6) is -1.63. The van der Waals surface area contributed by atoms with E-state index in [4.69, 9.17) is 16.7 Å². The van der Waals surface area contributed by atoms with E-state index in [9.17, 15) is 9.59 Å². The van der Waals surface area contributed by atoms with Crippen molar-refractivity contribution in [3.63, 3.8) is 0 Å². The Morgan fingerprint density at radius 1 is 1.28 bits per heavy atom. The van der Waals surface area contributed by atoms with E-state index >= 15 is 0 Å². The molecule has 0 unspecified atom stereocenters. The molecule has 2 rings (SSSR count). The summed E-state index contributed by atoms with van der Waals surface area (Å²) in [6, 6.07) is 8.44. The minimum atomic E-state index is -1.10. The van der Waals surface area contributed by atoms with Crippen LogP contribution in [0.5, 0.6) is 0 Å². The lowest BCUT2D eigenvalue weighted by Crippen LogP contribution is -2.29. The average molecular weight is 265 g/mol. The summed E-state index contributed by atoms with van der Waals surface area (Å²) in [5, 5.41) is 12.1. The van der Waals surface area contributed by atoms with Crippen molar-refractivity contribution in [2.75, 3.05) is 6.54 Å². The molecule has 1 heterocycles. The van der Waals surface area contributed by atoms with E-state index in [0.29, 0.717) is 10.5 Å². The van der Waals surface area contributed by atoms with Gasteiger partial charge in [-0.15, -0.1) is 0 Å². The standard InChI is InChI=1S/C12H9ClN2O3/c13-8-3-1-7-2-4-9(15-10(7)5-8)12(18)14-6-11(16)17/h1-5H,6H2,(H,14,18)(H,16,17). The lowest BCUT2D eigenvalue weighted by molar-refractivity contribution is -0.135. The smallest absolute Gasteiger partial charge is 0.322 e. The van der Waals surface area contributed by atoms with Crippen LogP contribution in [-0.2, 0) is 4.79 Å². The van der Waals surface area contributed by atoms with Gasteiger partial charge in [0.1, 0.15) is 12.2 Å². The van der Waals surface area contributed by atoms with Crippen LogP contribution in [0.4, 0.5) is 0 Å². The first-order chi connectivity index (χ1) is 8.56. The molecule has 0 spiro atoms. The Morgan fingerprint density at radius 3 is 2.72 bits per heavy atom. The maximum atomic E-state index is 11.6. The van der Waals surface area contributed by atoms with Crippen molar-refractivity contribution in [1.29, 1.82) is 0 Å². The van der Waals surface area contributed by atoms with E-state index in [1.54, 1.807) is 24.3 Å². The summed E-state index contributed by atoms with van der Waals surface area (Å²) in [4.78, 5) is 26.1. The van der Waals surface area contributed by atoms with Gasteiger partial charge in [0.15, 0.2) is 0 Å². The minimum absolute atomic E-state index is 0.158. The van der Waals surface area contributed by atoms with Crippen molar-refractivity contribution in [2.24, 2.45) is 0 Å². The van der Waals surface area contributed by atoms with Gasteiger partial charge in [-0.3, -0.25) is 9.59 Å². The number of hydrogen-bond donors (Lipinski definition) is 2. The van der Waals surface area contributed by atoms with Crippen LogP contribution < -0.4 is 5.32 Å². The summed E-state index contributed by atoms with van der Waals surface area (Å²) in [5.41, 5.74) is 0.747. The number of fused-ring (bicyclic) bond motifs is 1. The van der Waals surface area contributed by atoms with Crippen molar-refractivity contribution in [3.05, 3.63) is 41.0 Å². The van der Waals surface area contributed by atoms with Crippen molar-refractivity contribution in [1.82, 2.24) is 10.3 Å². The van der Waals surface area contributed by atoms with Crippen molar-refractivity contribution in [2.45, 2.75) is 0 Å². The summed E-state index contributed by atoms with van der Waals surface area (Å²) in [7, 11) is 0. The van der Waals surface area contributed by atoms with Crippen LogP contribution >= 0.6 is 11.6 Å². The lowest BCUT2D eigenvalue weighted by Gasteiger charge is -2.03. The molecule has 2 aromatic rings. The van der Waals surface area contributed by atoms with E-state index in [2.05, 4.69) is 10.3 Å². The third kappa shape index (κ3) is 2.75. The maximum Gasteiger partial charge on any atom is 0.322 e. The fraction of sp³-hybridized carbons (Fsp3) is 0.0833. The van der Waals surface area contributed by atoms with Crippen LogP contribution in [-0.4, -0.2) is 28.5 Å². The van der Waals surface area contributed by atoms with Gasteiger partial charge in [0.25, 0.3) is 5.91 Å². The molecule has 0 fully saturated rings. The third-order valence-electron chi connectivity index (χ3n) is 2.29. The topological polar surface area (TPSA) is 79.3 Å². The molecule has 0 aliphatic heterocycles. The zero-order valence-electron chi connectivity index (χ0n) is 9.18. The molecule has 2 N–H and O–H groups in total. The SMILES string of the molecule is O=C(O)CNC(=O)c1ccc2ccc(Cl)cc2n1. The van der Waals surface area contributed by atoms with Gasteiger partial charge in [-0.05, 0) is 18.2 Å². The molecule has 6 heteroatoms. The number of aromatic nitrogens is 1. The summed E-state index contributed by atoms with van der Waals surface area (Å²) in [6.07, 6.45) is 0. The average Bonchev–Trinajstić information content (AvgIpc) is 2.34. The van der Waals surface area contributed by atoms with Gasteiger partial charge in [0.05, 0.1) is 5.52 Å². The number of nitrogens with one attached hydrogen (secondary N) is 1. The molecule has 5 nitrogen and oxygen atoms in total. The molecule has 1 amide bonds. The Morgan fingerprint density at radius 2 is 2.00 bits per heavy atom. The van der Waals surface area contributed by atoms with Crippen molar-refractivity contribution < 1.29 is 14.7 Å². The van der Waals surface area contributed by atoms with E-state index < -0.39 is 18.4 Å². The second-order valence-electron chi connectivity index (χ2n) is 3.61. The number of benzene rings is 1. The van der Waals surface area contributed by atoms with Gasteiger partial charge in [-0.1, -0.05) is 23.7 Å². The number of rotatable bonds is 3. The molecule has 1 aromatic heterocycles. The lowest BCUT2D eigenvalue weighted by atomic mass is 10.2. The predicted octanol–water partition coefficient (Wildman–Crippen LogP) is 1.70. The zero-order valence-corrected chi connectivity index (χ0v) is 9.94. The second-order valence-corrected chi connectivity index (χ2v) is 4.05. The van der Waals surface area contributed by atoms with Crippen LogP contribution in [0.2, 0.25) is 5.02 Å². The molecule has 0 saturated carbocycles. The summed E-state index contributed by atoms with van der Waals surface area (Å²) in [6.45, 7) is -0.436. The quantitative estimate of drug-likeness (QED) is 0.884. The van der Waals surface area contributed by atoms with E-state index in [1.807, 2.05) is 0 Å². The first-order valence-electron chi connectivity index (χ1n) is 5.12. The molecule has 0 radical (unpaired) electrons. The Labute approximate surface area is 107 Å². The highest BCUT2D eigenvalue weighted by Gasteiger charge is 2.09. The highest BCUT2D eigenvalue weighted by molar-refractivity contribution is 6.31. The van der Waals surface area contributed by atoms with Gasteiger partial charge in [-0.25, -0.2) is 4.98 Å². The number of carbonyl (C=O) groups excluding carboxylic acids is 1. The normalized spacial score (nSPS) is 10.3. The summed E-state index contributed by atoms with van der Waals surface area (Å²) < 4.78 is 0. The third-order valence-corrected chi connectivity index (χ3v) is 2.52. The number of carboxylic acids is 1. The predicted molar refractivity (Wildman–Crippen MR) is 66.7 cm³/mol. The van der Waals surface area contributed by atoms with Gasteiger partial charge in [-0.2, -0.15) is 0 Å². The van der Waals surface area contributed by atoms with Crippen LogP contribution in [0.1, 0.15) is 10.5 Å². The first kappa shape index (κ1) is 12.3. The van der Waals surface area contributed by atoms with Crippen molar-refractivity contribution in [3.8, 4) is 0 Å². The highest BCUT2D eigenvalue weighted by atomic mass is 35.5. The van der Waals surface area contributed by atoms with Crippen LogP contribution in [0, 0.1) is 0 Å². The molecule has 0 bridgehead atoms. The van der Waals surface area contributed by atoms with E-state index in [0.717, 1.165) is 5.39 Å². The number of amides is 1. The number of halogens is 1. The minimum Gasteiger partial charge on any atom is -0.480 e. The highest BCUT2D eigenvalue weighted by Crippen LogP contribution is 2.17. The van der Waals surface area contributed by atoms with Gasteiger partial charge < -0.3 is 10.4 Å².